The minimum Gasteiger partial charge on any atom is -0.206 e. The summed E-state index contributed by atoms with van der Waals surface area (Å²) in [6, 6.07) is 3.08. The fourth-order valence-corrected chi connectivity index (χ4v) is 1.73. The van der Waals surface area contributed by atoms with Gasteiger partial charge in [0.05, 0.1) is 0 Å². The van der Waals surface area contributed by atoms with Gasteiger partial charge in [0, 0.05) is 12.9 Å². The zero-order valence-electron chi connectivity index (χ0n) is 4.74. The van der Waals surface area contributed by atoms with E-state index in [9.17, 15) is 4.39 Å². The van der Waals surface area contributed by atoms with Crippen LogP contribution in [0.15, 0.2) is 21.5 Å². The molecule has 4 heteroatoms. The van der Waals surface area contributed by atoms with E-state index in [1.807, 2.05) is 22.6 Å². The zero-order chi connectivity index (χ0) is 7.72. The zero-order valence-corrected chi connectivity index (χ0v) is 9.37. The van der Waals surface area contributed by atoms with Crippen LogP contribution in [-0.4, -0.2) is 0 Å². The fraction of sp³-hybridized carbons (Fsp3) is 0. The molecular weight excluding hydrogens is 330 g/mol. The lowest BCUT2D eigenvalue weighted by Crippen LogP contribution is -1.81. The molecule has 0 nitrogen and oxygen atoms in total. The highest BCUT2D eigenvalue weighted by molar-refractivity contribution is 14.1. The van der Waals surface area contributed by atoms with Crippen LogP contribution in [0.4, 0.5) is 4.39 Å². The van der Waals surface area contributed by atoms with Gasteiger partial charge in [0.1, 0.15) is 5.82 Å². The summed E-state index contributed by atoms with van der Waals surface area (Å²) in [5.41, 5.74) is 0. The highest BCUT2D eigenvalue weighted by Gasteiger charge is 2.01. The number of hydrogen-bond acceptors (Lipinski definition) is 1. The van der Waals surface area contributed by atoms with E-state index < -0.39 is 0 Å². The molecule has 1 aromatic carbocycles. The van der Waals surface area contributed by atoms with Crippen LogP contribution < -0.4 is 0 Å². The Kier molecular flexibility index (Phi) is 3.00. The van der Waals surface area contributed by atoms with E-state index in [1.165, 1.54) is 6.07 Å². The Morgan fingerprint density at radius 3 is 2.60 bits per heavy atom. The fourth-order valence-electron chi connectivity index (χ4n) is 0.512. The van der Waals surface area contributed by atoms with E-state index >= 15 is 0 Å². The maximum atomic E-state index is 12.7. The molecule has 0 N–H and O–H groups in total. The molecule has 0 heterocycles. The molecule has 1 rings (SSSR count). The van der Waals surface area contributed by atoms with Crippen LogP contribution >= 0.6 is 51.1 Å². The lowest BCUT2D eigenvalue weighted by Gasteiger charge is -1.97. The van der Waals surface area contributed by atoms with Crippen molar-refractivity contribution in [2.24, 2.45) is 0 Å². The highest BCUT2D eigenvalue weighted by atomic mass is 127. The van der Waals surface area contributed by atoms with E-state index in [1.54, 1.807) is 6.07 Å². The van der Waals surface area contributed by atoms with E-state index in [4.69, 9.17) is 0 Å². The molecule has 0 saturated carbocycles. The van der Waals surface area contributed by atoms with Gasteiger partial charge in [0.15, 0.2) is 0 Å². The molecule has 0 saturated heterocycles. The van der Waals surface area contributed by atoms with Gasteiger partial charge in [0.2, 0.25) is 0 Å². The average Bonchev–Trinajstić information content (AvgIpc) is 1.84. The molecule has 0 aliphatic carbocycles. The Morgan fingerprint density at radius 1 is 1.50 bits per heavy atom. The van der Waals surface area contributed by atoms with Gasteiger partial charge in [-0.15, -0.1) is 12.6 Å². The third-order valence-electron chi connectivity index (χ3n) is 0.990. The molecule has 0 radical (unpaired) electrons. The summed E-state index contributed by atoms with van der Waals surface area (Å²) in [5.74, 6) is -0.217. The van der Waals surface area contributed by atoms with Gasteiger partial charge in [-0.1, -0.05) is 0 Å². The second-order valence-electron chi connectivity index (χ2n) is 1.72. The van der Waals surface area contributed by atoms with E-state index in [-0.39, 0.29) is 5.82 Å². The summed E-state index contributed by atoms with van der Waals surface area (Å²) in [4.78, 5) is 0.755. The first-order valence-corrected chi connectivity index (χ1v) is 4.76. The number of rotatable bonds is 0. The van der Waals surface area contributed by atoms with E-state index in [0.29, 0.717) is 8.04 Å². The third-order valence-corrected chi connectivity index (χ3v) is 3.15. The van der Waals surface area contributed by atoms with Gasteiger partial charge in [-0.05, 0) is 50.7 Å². The van der Waals surface area contributed by atoms with Gasteiger partial charge in [-0.25, -0.2) is 4.39 Å². The van der Waals surface area contributed by atoms with Crippen LogP contribution in [-0.2, 0) is 0 Å². The normalized spacial score (nSPS) is 10.0. The average molecular weight is 333 g/mol. The van der Waals surface area contributed by atoms with Crippen LogP contribution in [0.1, 0.15) is 0 Å². The molecule has 0 spiro atoms. The van der Waals surface area contributed by atoms with Crippen molar-refractivity contribution < 1.29 is 4.39 Å². The topological polar surface area (TPSA) is 0 Å². The second kappa shape index (κ2) is 3.40. The Labute approximate surface area is 85.9 Å². The Morgan fingerprint density at radius 2 is 2.10 bits per heavy atom. The van der Waals surface area contributed by atoms with Gasteiger partial charge in [0.25, 0.3) is 0 Å². The molecule has 0 unspecified atom stereocenters. The number of thiol groups is 1. The summed E-state index contributed by atoms with van der Waals surface area (Å²) in [7, 11) is 0. The van der Waals surface area contributed by atoms with Crippen molar-refractivity contribution in [1.29, 1.82) is 0 Å². The van der Waals surface area contributed by atoms with E-state index in [2.05, 4.69) is 28.6 Å². The van der Waals surface area contributed by atoms with Crippen LogP contribution in [0.5, 0.6) is 0 Å². The highest BCUT2D eigenvalue weighted by Crippen LogP contribution is 2.24. The van der Waals surface area contributed by atoms with Crippen molar-refractivity contribution in [2.45, 2.75) is 4.90 Å². The molecule has 0 bridgehead atoms. The molecule has 0 atom stereocenters. The quantitative estimate of drug-likeness (QED) is 0.420. The first-order chi connectivity index (χ1) is 4.61. The van der Waals surface area contributed by atoms with Crippen molar-refractivity contribution >= 4 is 51.1 Å². The van der Waals surface area contributed by atoms with Crippen molar-refractivity contribution in [3.63, 3.8) is 0 Å². The summed E-state index contributed by atoms with van der Waals surface area (Å²) in [6.45, 7) is 0. The van der Waals surface area contributed by atoms with Crippen LogP contribution in [0.25, 0.3) is 0 Å². The monoisotopic (exact) mass is 332 g/mol. The predicted molar refractivity (Wildman–Crippen MR) is 54.1 cm³/mol. The molecular formula is C6H3BrFIS. The summed E-state index contributed by atoms with van der Waals surface area (Å²) in [6.07, 6.45) is 0. The standard InChI is InChI=1S/C6H3BrFIS/c7-3-1-4(8)5(9)2-6(3)10/h1-2,10H. The summed E-state index contributed by atoms with van der Waals surface area (Å²) in [5, 5.41) is 0. The molecule has 10 heavy (non-hydrogen) atoms. The maximum absolute atomic E-state index is 12.7. The maximum Gasteiger partial charge on any atom is 0.137 e. The number of halogens is 3. The minimum absolute atomic E-state index is 0.217. The van der Waals surface area contributed by atoms with Crippen molar-refractivity contribution in [2.75, 3.05) is 0 Å². The van der Waals surface area contributed by atoms with Crippen molar-refractivity contribution in [1.82, 2.24) is 0 Å². The van der Waals surface area contributed by atoms with Crippen LogP contribution in [0.3, 0.4) is 0 Å². The first-order valence-electron chi connectivity index (χ1n) is 2.45. The Bertz CT molecular complexity index is 214. The second-order valence-corrected chi connectivity index (χ2v) is 4.22. The van der Waals surface area contributed by atoms with Crippen LogP contribution in [0.2, 0.25) is 0 Å². The SMILES string of the molecule is Fc1cc(Br)c(S)cc1I. The Hall–Kier alpha value is 0.710. The van der Waals surface area contributed by atoms with Gasteiger partial charge >= 0.3 is 0 Å². The minimum atomic E-state index is -0.217. The van der Waals surface area contributed by atoms with Crippen molar-refractivity contribution in [3.8, 4) is 0 Å². The molecule has 0 fully saturated rings. The molecule has 54 valence electrons. The summed E-state index contributed by atoms with van der Waals surface area (Å²) < 4.78 is 14.0. The van der Waals surface area contributed by atoms with Gasteiger partial charge in [-0.2, -0.15) is 0 Å². The summed E-state index contributed by atoms with van der Waals surface area (Å²) >= 11 is 9.18. The number of benzene rings is 1. The molecule has 0 aromatic heterocycles. The smallest absolute Gasteiger partial charge is 0.137 e. The first kappa shape index (κ1) is 8.80. The largest absolute Gasteiger partial charge is 0.206 e. The number of hydrogen-bond donors (Lipinski definition) is 1. The molecule has 0 amide bonds. The molecule has 0 aliphatic heterocycles. The van der Waals surface area contributed by atoms with Gasteiger partial charge < -0.3 is 0 Å². The molecule has 0 aliphatic rings. The van der Waals surface area contributed by atoms with E-state index in [0.717, 1.165) is 4.90 Å². The van der Waals surface area contributed by atoms with Crippen molar-refractivity contribution in [3.05, 3.63) is 26.0 Å². The Balaban J connectivity index is 3.28. The predicted octanol–water partition coefficient (Wildman–Crippen LogP) is 3.48. The molecule has 1 aromatic rings. The van der Waals surface area contributed by atoms with Gasteiger partial charge in [-0.3, -0.25) is 0 Å². The lowest BCUT2D eigenvalue weighted by atomic mass is 10.3. The lowest BCUT2D eigenvalue weighted by molar-refractivity contribution is 0.618. The third kappa shape index (κ3) is 1.85. The van der Waals surface area contributed by atoms with Crippen LogP contribution in [0, 0.1) is 9.39 Å².